The molecule has 0 aromatic heterocycles. The molecule has 1 amide bonds. The van der Waals surface area contributed by atoms with Gasteiger partial charge in [-0.15, -0.1) is 0 Å². The van der Waals surface area contributed by atoms with Crippen molar-refractivity contribution in [2.45, 2.75) is 18.7 Å². The van der Waals surface area contributed by atoms with Gasteiger partial charge in [0.2, 0.25) is 5.91 Å². The number of hydrogen-bond donors (Lipinski definition) is 0. The summed E-state index contributed by atoms with van der Waals surface area (Å²) in [5.74, 6) is -1.28. The molecule has 2 aliphatic rings. The third-order valence-corrected chi connectivity index (χ3v) is 4.07. The molecule has 2 unspecified atom stereocenters. The van der Waals surface area contributed by atoms with Gasteiger partial charge < -0.3 is 14.6 Å². The molecule has 2 heterocycles. The molecular weight excluding hydrogens is 305 g/mol. The molecular formula is C17H12NNaO4. The van der Waals surface area contributed by atoms with Crippen molar-refractivity contribution in [1.82, 2.24) is 4.90 Å². The molecule has 110 valence electrons. The Hall–Kier alpha value is -1.82. The number of fused-ring (bicyclic) bond motifs is 2. The minimum atomic E-state index is -1.32. The van der Waals surface area contributed by atoms with Crippen LogP contribution in [0.25, 0.3) is 16.8 Å². The number of benzene rings is 2. The maximum absolute atomic E-state index is 11.5. The van der Waals surface area contributed by atoms with Crippen LogP contribution in [0.4, 0.5) is 0 Å². The van der Waals surface area contributed by atoms with E-state index in [0.29, 0.717) is 0 Å². The second-order valence-electron chi connectivity index (χ2n) is 5.45. The van der Waals surface area contributed by atoms with Crippen molar-refractivity contribution in [3.05, 3.63) is 53.8 Å². The molecule has 0 aliphatic carbocycles. The Morgan fingerprint density at radius 3 is 2.65 bits per heavy atom. The Balaban J connectivity index is 0.00000156. The Bertz CT molecular complexity index is 832. The molecule has 5 nitrogen and oxygen atoms in total. The average Bonchev–Trinajstić information content (AvgIpc) is 2.79. The van der Waals surface area contributed by atoms with Crippen molar-refractivity contribution in [2.24, 2.45) is 0 Å². The van der Waals surface area contributed by atoms with Crippen molar-refractivity contribution in [2.75, 3.05) is 0 Å². The Morgan fingerprint density at radius 2 is 1.96 bits per heavy atom. The van der Waals surface area contributed by atoms with Gasteiger partial charge >= 0.3 is 29.6 Å². The summed E-state index contributed by atoms with van der Waals surface area (Å²) >= 11 is 0. The largest absolute Gasteiger partial charge is 1.00 e. The first-order valence-electron chi connectivity index (χ1n) is 7.02. The number of carbonyl (C=O) groups excluding carboxylic acids is 2. The normalized spacial score (nSPS) is 23.9. The van der Waals surface area contributed by atoms with Crippen molar-refractivity contribution >= 4 is 28.7 Å². The molecule has 2 saturated heterocycles. The Kier molecular flexibility index (Phi) is 4.19. The topological polar surface area (TPSA) is 69.7 Å². The van der Waals surface area contributed by atoms with Gasteiger partial charge in [-0.2, -0.15) is 0 Å². The maximum atomic E-state index is 11.5. The minimum absolute atomic E-state index is 0. The van der Waals surface area contributed by atoms with Gasteiger partial charge in [0.1, 0.15) is 11.8 Å². The first-order valence-corrected chi connectivity index (χ1v) is 7.02. The molecule has 2 aliphatic heterocycles. The molecule has 2 fully saturated rings. The van der Waals surface area contributed by atoms with Crippen LogP contribution in [-0.4, -0.2) is 29.0 Å². The van der Waals surface area contributed by atoms with Crippen LogP contribution in [0.2, 0.25) is 0 Å². The van der Waals surface area contributed by atoms with Gasteiger partial charge in [-0.1, -0.05) is 36.4 Å². The van der Waals surface area contributed by atoms with Crippen molar-refractivity contribution in [3.8, 4) is 0 Å². The zero-order chi connectivity index (χ0) is 15.3. The van der Waals surface area contributed by atoms with Crippen LogP contribution in [-0.2, 0) is 14.3 Å². The molecule has 23 heavy (non-hydrogen) atoms. The third-order valence-electron chi connectivity index (χ3n) is 4.07. The predicted octanol–water partition coefficient (Wildman–Crippen LogP) is -2.11. The summed E-state index contributed by atoms with van der Waals surface area (Å²) in [6, 6.07) is 12.6. The fourth-order valence-corrected chi connectivity index (χ4v) is 2.97. The van der Waals surface area contributed by atoms with Crippen LogP contribution in [0.15, 0.2) is 48.2 Å². The van der Waals surface area contributed by atoms with Crippen LogP contribution in [0.3, 0.4) is 0 Å². The second kappa shape index (κ2) is 6.00. The quantitative estimate of drug-likeness (QED) is 0.470. The van der Waals surface area contributed by atoms with Gasteiger partial charge in [0, 0.05) is 0 Å². The summed E-state index contributed by atoms with van der Waals surface area (Å²) in [6.45, 7) is 0. The van der Waals surface area contributed by atoms with Crippen molar-refractivity contribution < 1.29 is 49.0 Å². The van der Waals surface area contributed by atoms with Gasteiger partial charge in [0.15, 0.2) is 6.23 Å². The first kappa shape index (κ1) is 16.1. The Morgan fingerprint density at radius 1 is 1.22 bits per heavy atom. The van der Waals surface area contributed by atoms with E-state index in [1.807, 2.05) is 42.5 Å². The number of nitrogens with zero attached hydrogens (tertiary/aromatic N) is 1. The SMILES string of the molecule is O=C([O-])C1/C(=C/c2ccc3ccccc3c2)OC2CC(=O)N21.[Na+]. The van der Waals surface area contributed by atoms with Gasteiger partial charge in [0.25, 0.3) is 0 Å². The summed E-state index contributed by atoms with van der Waals surface area (Å²) in [7, 11) is 0. The number of β-lactam (4-membered cyclic amide) rings is 1. The van der Waals surface area contributed by atoms with Gasteiger partial charge in [-0.05, 0) is 28.5 Å². The summed E-state index contributed by atoms with van der Waals surface area (Å²) < 4.78 is 5.57. The fourth-order valence-electron chi connectivity index (χ4n) is 2.97. The minimum Gasteiger partial charge on any atom is -0.547 e. The molecule has 2 atom stereocenters. The molecule has 2 aromatic rings. The maximum Gasteiger partial charge on any atom is 1.00 e. The summed E-state index contributed by atoms with van der Waals surface area (Å²) in [6.07, 6.45) is 1.42. The fraction of sp³-hybridized carbons (Fsp3) is 0.176. The first-order chi connectivity index (χ1) is 10.6. The van der Waals surface area contributed by atoms with Crippen LogP contribution in [0, 0.1) is 0 Å². The molecule has 0 saturated carbocycles. The van der Waals surface area contributed by atoms with E-state index < -0.39 is 18.2 Å². The summed E-state index contributed by atoms with van der Waals surface area (Å²) in [4.78, 5) is 24.1. The van der Waals surface area contributed by atoms with Crippen LogP contribution >= 0.6 is 0 Å². The third kappa shape index (κ3) is 2.65. The number of rotatable bonds is 2. The predicted molar refractivity (Wildman–Crippen MR) is 77.1 cm³/mol. The van der Waals surface area contributed by atoms with Gasteiger partial charge in [-0.3, -0.25) is 9.69 Å². The molecule has 0 bridgehead atoms. The van der Waals surface area contributed by atoms with Gasteiger partial charge in [0.05, 0.1) is 12.4 Å². The number of ether oxygens (including phenoxy) is 1. The van der Waals surface area contributed by atoms with Crippen molar-refractivity contribution in [3.63, 3.8) is 0 Å². The Labute approximate surface area is 154 Å². The summed E-state index contributed by atoms with van der Waals surface area (Å²) in [5, 5.41) is 13.5. The molecule has 6 heteroatoms. The average molecular weight is 317 g/mol. The monoisotopic (exact) mass is 317 g/mol. The summed E-state index contributed by atoms with van der Waals surface area (Å²) in [5.41, 5.74) is 0.829. The van der Waals surface area contributed by atoms with Crippen LogP contribution < -0.4 is 34.7 Å². The van der Waals surface area contributed by atoms with E-state index in [0.717, 1.165) is 16.3 Å². The number of amides is 1. The molecule has 0 N–H and O–H groups in total. The number of carbonyl (C=O) groups is 2. The molecule has 0 spiro atoms. The smallest absolute Gasteiger partial charge is 0.547 e. The molecule has 4 rings (SSSR count). The van der Waals surface area contributed by atoms with E-state index in [1.54, 1.807) is 6.08 Å². The zero-order valence-electron chi connectivity index (χ0n) is 12.6. The number of hydrogen-bond acceptors (Lipinski definition) is 4. The van der Waals surface area contributed by atoms with Crippen LogP contribution in [0.1, 0.15) is 12.0 Å². The standard InChI is InChI=1S/C17H13NO4.Na/c19-14-9-15-18(14)16(17(20)21)13(22-15)8-10-5-6-11-3-1-2-4-12(11)7-10;/h1-8,15-16H,9H2,(H,20,21);/q;+1/p-1/b13-8-;. The van der Waals surface area contributed by atoms with E-state index >= 15 is 0 Å². The van der Waals surface area contributed by atoms with Crippen molar-refractivity contribution in [1.29, 1.82) is 0 Å². The van der Waals surface area contributed by atoms with Crippen LogP contribution in [0.5, 0.6) is 0 Å². The van der Waals surface area contributed by atoms with E-state index in [-0.39, 0.29) is 47.6 Å². The molecule has 0 radical (unpaired) electrons. The van der Waals surface area contributed by atoms with E-state index in [1.165, 1.54) is 4.90 Å². The molecule has 2 aromatic carbocycles. The van der Waals surface area contributed by atoms with E-state index in [9.17, 15) is 14.7 Å². The number of aliphatic carboxylic acids is 1. The number of carboxylic acid groups (broad SMARTS) is 1. The zero-order valence-corrected chi connectivity index (χ0v) is 14.6. The van der Waals surface area contributed by atoms with E-state index in [4.69, 9.17) is 4.74 Å². The van der Waals surface area contributed by atoms with E-state index in [2.05, 4.69) is 0 Å². The van der Waals surface area contributed by atoms with Gasteiger partial charge in [-0.25, -0.2) is 0 Å². The second-order valence-corrected chi connectivity index (χ2v) is 5.45. The number of carboxylic acids is 1.